The number of carbonyl (C=O) groups excluding carboxylic acids is 1. The Balaban J connectivity index is 2.58. The maximum absolute atomic E-state index is 12.7. The molecule has 6 heteroatoms. The lowest BCUT2D eigenvalue weighted by molar-refractivity contribution is -0.151. The van der Waals surface area contributed by atoms with Gasteiger partial charge in [-0.25, -0.2) is 14.0 Å². The molecule has 5 nitrogen and oxygen atoms in total. The molecule has 1 saturated carbocycles. The summed E-state index contributed by atoms with van der Waals surface area (Å²) in [5.41, 5.74) is -2.20. The zero-order chi connectivity index (χ0) is 12.6. The number of amides is 1. The number of rotatable bonds is 2. The largest absolute Gasteiger partial charge is 0.479 e. The van der Waals surface area contributed by atoms with Gasteiger partial charge in [0.2, 0.25) is 0 Å². The van der Waals surface area contributed by atoms with Crippen molar-refractivity contribution in [2.24, 2.45) is 0 Å². The molecule has 0 saturated heterocycles. The van der Waals surface area contributed by atoms with Crippen LogP contribution in [0.2, 0.25) is 0 Å². The van der Waals surface area contributed by atoms with Crippen molar-refractivity contribution in [2.75, 3.05) is 0 Å². The van der Waals surface area contributed by atoms with Gasteiger partial charge in [0.1, 0.15) is 17.3 Å². The summed E-state index contributed by atoms with van der Waals surface area (Å²) in [6.07, 6.45) is -2.42. The monoisotopic (exact) mass is 233 g/mol. The van der Waals surface area contributed by atoms with Crippen molar-refractivity contribution < 1.29 is 23.8 Å². The van der Waals surface area contributed by atoms with Gasteiger partial charge in [-0.15, -0.1) is 0 Å². The molecule has 0 aromatic heterocycles. The Morgan fingerprint density at radius 3 is 2.25 bits per heavy atom. The van der Waals surface area contributed by atoms with Gasteiger partial charge >= 0.3 is 12.1 Å². The summed E-state index contributed by atoms with van der Waals surface area (Å²) < 4.78 is 17.6. The van der Waals surface area contributed by atoms with E-state index in [1.54, 1.807) is 20.8 Å². The zero-order valence-corrected chi connectivity index (χ0v) is 9.54. The van der Waals surface area contributed by atoms with E-state index in [0.717, 1.165) is 0 Å². The van der Waals surface area contributed by atoms with Crippen LogP contribution in [-0.2, 0) is 9.53 Å². The summed E-state index contributed by atoms with van der Waals surface area (Å²) in [5, 5.41) is 11.1. The highest BCUT2D eigenvalue weighted by Crippen LogP contribution is 2.35. The van der Waals surface area contributed by atoms with E-state index in [2.05, 4.69) is 5.32 Å². The first-order chi connectivity index (χ1) is 7.15. The Bertz CT molecular complexity index is 304. The lowest BCUT2D eigenvalue weighted by Gasteiger charge is -2.40. The number of alkyl halides is 1. The lowest BCUT2D eigenvalue weighted by Crippen LogP contribution is -2.63. The van der Waals surface area contributed by atoms with E-state index < -0.39 is 29.4 Å². The van der Waals surface area contributed by atoms with Gasteiger partial charge in [-0.05, 0) is 20.8 Å². The van der Waals surface area contributed by atoms with E-state index in [9.17, 15) is 14.0 Å². The molecule has 0 aromatic rings. The quantitative estimate of drug-likeness (QED) is 0.757. The van der Waals surface area contributed by atoms with Crippen LogP contribution in [0.5, 0.6) is 0 Å². The maximum atomic E-state index is 12.7. The third-order valence-electron chi connectivity index (χ3n) is 2.29. The first-order valence-corrected chi connectivity index (χ1v) is 5.03. The maximum Gasteiger partial charge on any atom is 0.408 e. The van der Waals surface area contributed by atoms with Gasteiger partial charge in [-0.2, -0.15) is 0 Å². The Hall–Kier alpha value is -1.33. The Kier molecular flexibility index (Phi) is 3.12. The van der Waals surface area contributed by atoms with E-state index in [1.165, 1.54) is 0 Å². The average Bonchev–Trinajstić information content (AvgIpc) is 1.96. The van der Waals surface area contributed by atoms with Crippen molar-refractivity contribution >= 4 is 12.1 Å². The summed E-state index contributed by atoms with van der Waals surface area (Å²) in [6, 6.07) is 0. The smallest absolute Gasteiger partial charge is 0.408 e. The molecule has 92 valence electrons. The first-order valence-electron chi connectivity index (χ1n) is 5.03. The van der Waals surface area contributed by atoms with Crippen LogP contribution in [0.1, 0.15) is 33.6 Å². The SMILES string of the molecule is CC(C)(C)OC(=O)NC1(C(=O)O)CC(F)C1. The molecule has 2 N–H and O–H groups in total. The average molecular weight is 233 g/mol. The van der Waals surface area contributed by atoms with Gasteiger partial charge in [0.15, 0.2) is 0 Å². The molecule has 16 heavy (non-hydrogen) atoms. The molecule has 0 atom stereocenters. The summed E-state index contributed by atoms with van der Waals surface area (Å²) >= 11 is 0. The molecule has 1 amide bonds. The number of carbonyl (C=O) groups is 2. The van der Waals surface area contributed by atoms with Gasteiger partial charge in [-0.3, -0.25) is 0 Å². The van der Waals surface area contributed by atoms with Crippen LogP contribution < -0.4 is 5.32 Å². The van der Waals surface area contributed by atoms with Crippen LogP contribution in [0, 0.1) is 0 Å². The zero-order valence-electron chi connectivity index (χ0n) is 9.54. The van der Waals surface area contributed by atoms with Crippen LogP contribution in [-0.4, -0.2) is 34.5 Å². The number of halogens is 1. The molecule has 0 bridgehead atoms. The highest BCUT2D eigenvalue weighted by atomic mass is 19.1. The fourth-order valence-corrected chi connectivity index (χ4v) is 1.53. The van der Waals surface area contributed by atoms with Crippen molar-refractivity contribution in [3.63, 3.8) is 0 Å². The fraction of sp³-hybridized carbons (Fsp3) is 0.800. The molecular weight excluding hydrogens is 217 g/mol. The number of hydrogen-bond donors (Lipinski definition) is 2. The summed E-state index contributed by atoms with van der Waals surface area (Å²) in [5.74, 6) is -1.23. The third-order valence-corrected chi connectivity index (χ3v) is 2.29. The minimum Gasteiger partial charge on any atom is -0.479 e. The van der Waals surface area contributed by atoms with Gasteiger partial charge < -0.3 is 15.2 Å². The van der Waals surface area contributed by atoms with E-state index in [4.69, 9.17) is 9.84 Å². The van der Waals surface area contributed by atoms with Gasteiger partial charge in [0.05, 0.1) is 0 Å². The Labute approximate surface area is 93.0 Å². The number of aliphatic carboxylic acids is 1. The minimum absolute atomic E-state index is 0.207. The molecule has 1 aliphatic rings. The van der Waals surface area contributed by atoms with Gasteiger partial charge in [0, 0.05) is 12.8 Å². The van der Waals surface area contributed by atoms with E-state index in [1.807, 2.05) is 0 Å². The second kappa shape index (κ2) is 3.92. The van der Waals surface area contributed by atoms with Crippen molar-refractivity contribution in [3.05, 3.63) is 0 Å². The molecule has 1 rings (SSSR count). The number of alkyl carbamates (subject to hydrolysis) is 1. The van der Waals surface area contributed by atoms with Crippen molar-refractivity contribution in [1.29, 1.82) is 0 Å². The number of carboxylic acids is 1. The van der Waals surface area contributed by atoms with Crippen LogP contribution in [0.15, 0.2) is 0 Å². The molecule has 1 aliphatic carbocycles. The van der Waals surface area contributed by atoms with Crippen molar-refractivity contribution in [3.8, 4) is 0 Å². The minimum atomic E-state index is -1.50. The Morgan fingerprint density at radius 2 is 1.94 bits per heavy atom. The third kappa shape index (κ3) is 2.84. The van der Waals surface area contributed by atoms with Crippen LogP contribution in [0.4, 0.5) is 9.18 Å². The normalized spacial score (nSPS) is 29.1. The van der Waals surface area contributed by atoms with E-state index in [0.29, 0.717) is 0 Å². The highest BCUT2D eigenvalue weighted by Gasteiger charge is 2.52. The van der Waals surface area contributed by atoms with Gasteiger partial charge in [-0.1, -0.05) is 0 Å². The van der Waals surface area contributed by atoms with E-state index >= 15 is 0 Å². The Morgan fingerprint density at radius 1 is 1.44 bits per heavy atom. The number of nitrogens with one attached hydrogen (secondary N) is 1. The summed E-state index contributed by atoms with van der Waals surface area (Å²) in [7, 11) is 0. The predicted octanol–water partition coefficient (Wildman–Crippen LogP) is 1.47. The molecule has 1 fully saturated rings. The van der Waals surface area contributed by atoms with E-state index in [-0.39, 0.29) is 12.8 Å². The first kappa shape index (κ1) is 12.7. The molecule has 0 radical (unpaired) electrons. The second-order valence-electron chi connectivity index (χ2n) is 5.02. The standard InChI is InChI=1S/C10H16FNO4/c1-9(2,3)16-8(15)12-10(7(13)14)4-6(11)5-10/h6H,4-5H2,1-3H3,(H,12,15)(H,13,14). The predicted molar refractivity (Wildman–Crippen MR) is 53.9 cm³/mol. The number of ether oxygens (including phenoxy) is 1. The van der Waals surface area contributed by atoms with Crippen LogP contribution in [0.3, 0.4) is 0 Å². The van der Waals surface area contributed by atoms with Crippen LogP contribution >= 0.6 is 0 Å². The summed E-state index contributed by atoms with van der Waals surface area (Å²) in [6.45, 7) is 5.00. The highest BCUT2D eigenvalue weighted by molar-refractivity contribution is 5.85. The fourth-order valence-electron chi connectivity index (χ4n) is 1.53. The van der Waals surface area contributed by atoms with Crippen LogP contribution in [0.25, 0.3) is 0 Å². The molecule has 0 aliphatic heterocycles. The molecular formula is C10H16FNO4. The second-order valence-corrected chi connectivity index (χ2v) is 5.02. The topological polar surface area (TPSA) is 75.6 Å². The van der Waals surface area contributed by atoms with Crippen molar-refractivity contribution in [2.45, 2.75) is 50.9 Å². The molecule has 0 spiro atoms. The molecule has 0 aromatic carbocycles. The lowest BCUT2D eigenvalue weighted by atomic mass is 9.75. The van der Waals surface area contributed by atoms with Gasteiger partial charge in [0.25, 0.3) is 0 Å². The molecule has 0 unspecified atom stereocenters. The molecule has 0 heterocycles. The number of hydrogen-bond acceptors (Lipinski definition) is 3. The van der Waals surface area contributed by atoms with Crippen molar-refractivity contribution in [1.82, 2.24) is 5.32 Å². The summed E-state index contributed by atoms with van der Waals surface area (Å²) in [4.78, 5) is 22.3. The number of carboxylic acid groups (broad SMARTS) is 1.